The number of thiazole rings is 1. The fourth-order valence-electron chi connectivity index (χ4n) is 2.93. The van der Waals surface area contributed by atoms with E-state index in [1.165, 1.54) is 54.4 Å². The molecule has 0 radical (unpaired) electrons. The number of aryl methyl sites for hydroxylation is 1. The molecule has 0 aromatic carbocycles. The highest BCUT2D eigenvalue weighted by molar-refractivity contribution is 7.15. The van der Waals surface area contributed by atoms with E-state index >= 15 is 0 Å². The maximum atomic E-state index is 4.87. The summed E-state index contributed by atoms with van der Waals surface area (Å²) in [4.78, 5) is 8.84. The Labute approximate surface area is 134 Å². The Hall–Kier alpha value is -0.610. The lowest BCUT2D eigenvalue weighted by molar-refractivity contribution is 0.425. The monoisotopic (exact) mass is 309 g/mol. The van der Waals surface area contributed by atoms with Crippen molar-refractivity contribution in [2.24, 2.45) is 0 Å². The molecular weight excluding hydrogens is 278 g/mol. The molecule has 1 saturated heterocycles. The van der Waals surface area contributed by atoms with E-state index in [1.807, 2.05) is 11.3 Å². The van der Waals surface area contributed by atoms with Gasteiger partial charge in [-0.2, -0.15) is 0 Å². The largest absolute Gasteiger partial charge is 0.345 e. The van der Waals surface area contributed by atoms with Gasteiger partial charge in [-0.3, -0.25) is 0 Å². The molecule has 0 spiro atoms. The minimum absolute atomic E-state index is 0.159. The van der Waals surface area contributed by atoms with Crippen LogP contribution in [0.5, 0.6) is 0 Å². The molecule has 1 N–H and O–H groups in total. The topological polar surface area (TPSA) is 28.2 Å². The quantitative estimate of drug-likeness (QED) is 0.868. The third-order valence-corrected chi connectivity index (χ3v) is 5.35. The molecule has 2 heterocycles. The second kappa shape index (κ2) is 7.10. The zero-order valence-electron chi connectivity index (χ0n) is 14.3. The third-order valence-electron chi connectivity index (χ3n) is 4.16. The molecule has 1 unspecified atom stereocenters. The van der Waals surface area contributed by atoms with Crippen molar-refractivity contribution in [2.75, 3.05) is 11.4 Å². The first-order chi connectivity index (χ1) is 9.90. The number of nitrogens with one attached hydrogen (secondary N) is 1. The highest BCUT2D eigenvalue weighted by Gasteiger charge is 2.25. The van der Waals surface area contributed by atoms with Gasteiger partial charge < -0.3 is 10.2 Å². The Morgan fingerprint density at radius 3 is 2.76 bits per heavy atom. The minimum atomic E-state index is 0.159. The first kappa shape index (κ1) is 16.8. The van der Waals surface area contributed by atoms with Crippen LogP contribution in [-0.4, -0.2) is 23.1 Å². The lowest BCUT2D eigenvalue weighted by Gasteiger charge is -2.35. The van der Waals surface area contributed by atoms with Gasteiger partial charge in [-0.05, 0) is 53.4 Å². The van der Waals surface area contributed by atoms with E-state index in [0.29, 0.717) is 6.04 Å². The van der Waals surface area contributed by atoms with Crippen molar-refractivity contribution >= 4 is 16.5 Å². The number of piperidine rings is 1. The van der Waals surface area contributed by atoms with E-state index < -0.39 is 0 Å². The first-order valence-corrected chi connectivity index (χ1v) is 9.20. The Morgan fingerprint density at radius 2 is 2.10 bits per heavy atom. The van der Waals surface area contributed by atoms with E-state index in [-0.39, 0.29) is 5.54 Å². The molecule has 3 nitrogen and oxygen atoms in total. The van der Waals surface area contributed by atoms with Crippen LogP contribution < -0.4 is 10.2 Å². The van der Waals surface area contributed by atoms with Crippen LogP contribution >= 0.6 is 11.3 Å². The molecular formula is C17H31N3S. The van der Waals surface area contributed by atoms with Crippen molar-refractivity contribution in [1.29, 1.82) is 0 Å². The van der Waals surface area contributed by atoms with Crippen LogP contribution in [0.25, 0.3) is 0 Å². The second-order valence-electron chi connectivity index (χ2n) is 7.24. The molecule has 4 heteroatoms. The van der Waals surface area contributed by atoms with Crippen molar-refractivity contribution in [3.05, 3.63) is 10.6 Å². The highest BCUT2D eigenvalue weighted by Crippen LogP contribution is 2.32. The molecule has 2 rings (SSSR count). The van der Waals surface area contributed by atoms with Gasteiger partial charge in [0.05, 0.1) is 5.69 Å². The number of aromatic nitrogens is 1. The normalized spacial score (nSPS) is 20.0. The SMILES string of the molecule is CCCC1CCCCN1c1nc(C)c(CNC(C)(C)C)s1. The van der Waals surface area contributed by atoms with Crippen molar-refractivity contribution in [3.63, 3.8) is 0 Å². The van der Waals surface area contributed by atoms with Crippen LogP contribution in [-0.2, 0) is 6.54 Å². The van der Waals surface area contributed by atoms with E-state index in [4.69, 9.17) is 4.98 Å². The fourth-order valence-corrected chi connectivity index (χ4v) is 4.03. The van der Waals surface area contributed by atoms with Gasteiger partial charge >= 0.3 is 0 Å². The summed E-state index contributed by atoms with van der Waals surface area (Å²) in [5, 5.41) is 4.83. The molecule has 1 aliphatic rings. The molecule has 0 saturated carbocycles. The smallest absolute Gasteiger partial charge is 0.186 e. The van der Waals surface area contributed by atoms with Gasteiger partial charge in [-0.25, -0.2) is 4.98 Å². The summed E-state index contributed by atoms with van der Waals surface area (Å²) in [5.74, 6) is 0. The first-order valence-electron chi connectivity index (χ1n) is 8.38. The van der Waals surface area contributed by atoms with Crippen molar-refractivity contribution < 1.29 is 0 Å². The van der Waals surface area contributed by atoms with Crippen LogP contribution in [0.2, 0.25) is 0 Å². The van der Waals surface area contributed by atoms with Gasteiger partial charge in [0, 0.05) is 29.5 Å². The van der Waals surface area contributed by atoms with Gasteiger partial charge in [0.25, 0.3) is 0 Å². The molecule has 1 aromatic rings. The van der Waals surface area contributed by atoms with Crippen LogP contribution in [0.4, 0.5) is 5.13 Å². The zero-order chi connectivity index (χ0) is 15.5. The van der Waals surface area contributed by atoms with Gasteiger partial charge in [0.2, 0.25) is 0 Å². The molecule has 0 bridgehead atoms. The number of anilines is 1. The van der Waals surface area contributed by atoms with Gasteiger partial charge in [-0.1, -0.05) is 13.3 Å². The van der Waals surface area contributed by atoms with Crippen LogP contribution in [0.15, 0.2) is 0 Å². The van der Waals surface area contributed by atoms with E-state index in [2.05, 4.69) is 44.8 Å². The average Bonchev–Trinajstić information content (AvgIpc) is 2.78. The zero-order valence-corrected chi connectivity index (χ0v) is 15.1. The number of hydrogen-bond acceptors (Lipinski definition) is 4. The Kier molecular flexibility index (Phi) is 5.67. The fraction of sp³-hybridized carbons (Fsp3) is 0.824. The molecule has 21 heavy (non-hydrogen) atoms. The maximum Gasteiger partial charge on any atom is 0.186 e. The van der Waals surface area contributed by atoms with Gasteiger partial charge in [0.1, 0.15) is 0 Å². The van der Waals surface area contributed by atoms with Gasteiger partial charge in [0.15, 0.2) is 5.13 Å². The summed E-state index contributed by atoms with van der Waals surface area (Å²) in [6, 6.07) is 0.706. The maximum absolute atomic E-state index is 4.87. The summed E-state index contributed by atoms with van der Waals surface area (Å²) in [5.41, 5.74) is 1.36. The number of hydrogen-bond donors (Lipinski definition) is 1. The molecule has 0 amide bonds. The Bertz CT molecular complexity index is 445. The van der Waals surface area contributed by atoms with Crippen LogP contribution in [0.3, 0.4) is 0 Å². The second-order valence-corrected chi connectivity index (χ2v) is 8.30. The highest BCUT2D eigenvalue weighted by atomic mass is 32.1. The van der Waals surface area contributed by atoms with E-state index in [9.17, 15) is 0 Å². The summed E-state index contributed by atoms with van der Waals surface area (Å²) in [7, 11) is 0. The lowest BCUT2D eigenvalue weighted by atomic mass is 9.99. The Balaban J connectivity index is 2.09. The molecule has 120 valence electrons. The van der Waals surface area contributed by atoms with Crippen molar-refractivity contribution in [2.45, 2.75) is 84.8 Å². The van der Waals surface area contributed by atoms with Crippen molar-refractivity contribution in [3.8, 4) is 0 Å². The molecule has 1 fully saturated rings. The number of rotatable bonds is 5. The third kappa shape index (κ3) is 4.68. The lowest BCUT2D eigenvalue weighted by Crippen LogP contribution is -2.39. The Morgan fingerprint density at radius 1 is 1.33 bits per heavy atom. The summed E-state index contributed by atoms with van der Waals surface area (Å²) in [6.45, 7) is 13.2. The summed E-state index contributed by atoms with van der Waals surface area (Å²) in [6.07, 6.45) is 6.60. The summed E-state index contributed by atoms with van der Waals surface area (Å²) < 4.78 is 0. The van der Waals surface area contributed by atoms with Crippen LogP contribution in [0, 0.1) is 6.92 Å². The molecule has 1 atom stereocenters. The molecule has 1 aliphatic heterocycles. The predicted molar refractivity (Wildman–Crippen MR) is 93.3 cm³/mol. The van der Waals surface area contributed by atoms with Gasteiger partial charge in [-0.15, -0.1) is 11.3 Å². The standard InChI is InChI=1S/C17H31N3S/c1-6-9-14-10-7-8-11-20(14)16-19-13(2)15(21-16)12-18-17(3,4)5/h14,18H,6-12H2,1-5H3. The van der Waals surface area contributed by atoms with E-state index in [1.54, 1.807) is 0 Å². The molecule has 1 aromatic heterocycles. The minimum Gasteiger partial charge on any atom is -0.345 e. The van der Waals surface area contributed by atoms with Crippen molar-refractivity contribution in [1.82, 2.24) is 10.3 Å². The number of nitrogens with zero attached hydrogens (tertiary/aromatic N) is 2. The average molecular weight is 310 g/mol. The summed E-state index contributed by atoms with van der Waals surface area (Å²) >= 11 is 1.89. The predicted octanol–water partition coefficient (Wildman–Crippen LogP) is 4.50. The van der Waals surface area contributed by atoms with E-state index in [0.717, 1.165) is 6.54 Å². The molecule has 0 aliphatic carbocycles. The van der Waals surface area contributed by atoms with Crippen LogP contribution in [0.1, 0.15) is 70.4 Å².